The number of nitrogens with zero attached hydrogens (tertiary/aromatic N) is 1. The largest absolute Gasteiger partial charge is 0.375 e. The average molecular weight is 391 g/mol. The van der Waals surface area contributed by atoms with Crippen LogP contribution in [0, 0.1) is 6.92 Å². The van der Waals surface area contributed by atoms with Crippen LogP contribution in [0.1, 0.15) is 47.1 Å². The molecule has 0 radical (unpaired) electrons. The summed E-state index contributed by atoms with van der Waals surface area (Å²) in [6.45, 7) is 14.1. The predicted molar refractivity (Wildman–Crippen MR) is 121 cm³/mol. The number of halogens is 1. The number of hydrogen-bond donors (Lipinski definition) is 1. The molecule has 4 heteroatoms. The van der Waals surface area contributed by atoms with Crippen molar-refractivity contribution >= 4 is 28.1 Å². The lowest BCUT2D eigenvalue weighted by Crippen LogP contribution is -1.84. The maximum absolute atomic E-state index is 5.94. The average Bonchev–Trinajstić information content (AvgIpc) is 3.09. The quantitative estimate of drug-likeness (QED) is 0.479. The highest BCUT2D eigenvalue weighted by atomic mass is 35.5. The first kappa shape index (κ1) is 24.2. The smallest absolute Gasteiger partial charge is 0.181 e. The van der Waals surface area contributed by atoms with E-state index in [1.807, 2.05) is 65.8 Å². The summed E-state index contributed by atoms with van der Waals surface area (Å²) < 4.78 is 0. The third-order valence-electron chi connectivity index (χ3n) is 3.08. The molecule has 0 spiro atoms. The zero-order valence-electron chi connectivity index (χ0n) is 16.9. The predicted octanol–water partition coefficient (Wildman–Crippen LogP) is 8.10. The van der Waals surface area contributed by atoms with E-state index < -0.39 is 0 Å². The van der Waals surface area contributed by atoms with E-state index in [9.17, 15) is 0 Å². The Kier molecular flexibility index (Phi) is 12.4. The zero-order valence-corrected chi connectivity index (χ0v) is 18.5. The monoisotopic (exact) mass is 390 g/mol. The molecule has 0 saturated carbocycles. The highest BCUT2D eigenvalue weighted by Gasteiger charge is 2.13. The van der Waals surface area contributed by atoms with Gasteiger partial charge in [0.05, 0.1) is 10.6 Å². The molecule has 3 aromatic rings. The molecule has 0 aliphatic rings. The second-order valence-electron chi connectivity index (χ2n) is 4.60. The Hall–Kier alpha value is -1.84. The van der Waals surface area contributed by atoms with Gasteiger partial charge in [0.2, 0.25) is 0 Å². The Morgan fingerprint density at radius 2 is 1.23 bits per heavy atom. The van der Waals surface area contributed by atoms with Crippen molar-refractivity contribution in [1.29, 1.82) is 0 Å². The van der Waals surface area contributed by atoms with Crippen molar-refractivity contribution in [3.8, 4) is 21.7 Å². The fourth-order valence-electron chi connectivity index (χ4n) is 2.04. The van der Waals surface area contributed by atoms with Crippen LogP contribution in [0.25, 0.3) is 21.7 Å². The first-order chi connectivity index (χ1) is 12.6. The Morgan fingerprint density at radius 3 is 1.73 bits per heavy atom. The van der Waals surface area contributed by atoms with Gasteiger partial charge in [-0.15, -0.1) is 0 Å². The molecule has 2 aromatic carbocycles. The first-order valence-electron chi connectivity index (χ1n) is 9.23. The van der Waals surface area contributed by atoms with Crippen molar-refractivity contribution in [2.24, 2.45) is 0 Å². The molecule has 26 heavy (non-hydrogen) atoms. The SMILES string of the molecule is CC.CC.CC.Cc1ccc(-c2sc(N)nc2-c2ccc(Cl)cc2)cc1. The Labute approximate surface area is 168 Å². The Morgan fingerprint density at radius 1 is 0.769 bits per heavy atom. The number of benzene rings is 2. The number of aromatic nitrogens is 1. The lowest BCUT2D eigenvalue weighted by molar-refractivity contribution is 1.41. The lowest BCUT2D eigenvalue weighted by atomic mass is 10.1. The minimum atomic E-state index is 0.575. The van der Waals surface area contributed by atoms with Crippen molar-refractivity contribution in [3.05, 3.63) is 59.1 Å². The fraction of sp³-hybridized carbons (Fsp3) is 0.318. The molecule has 0 saturated heterocycles. The third-order valence-corrected chi connectivity index (χ3v) is 4.26. The van der Waals surface area contributed by atoms with Gasteiger partial charge in [-0.05, 0) is 24.6 Å². The van der Waals surface area contributed by atoms with Crippen LogP contribution < -0.4 is 5.73 Å². The number of nitrogens with two attached hydrogens (primary N) is 1. The van der Waals surface area contributed by atoms with E-state index in [1.165, 1.54) is 16.9 Å². The van der Waals surface area contributed by atoms with Crippen LogP contribution in [-0.4, -0.2) is 4.98 Å². The first-order valence-corrected chi connectivity index (χ1v) is 10.4. The number of thiazole rings is 1. The van der Waals surface area contributed by atoms with E-state index in [0.717, 1.165) is 21.7 Å². The topological polar surface area (TPSA) is 38.9 Å². The summed E-state index contributed by atoms with van der Waals surface area (Å²) >= 11 is 7.44. The summed E-state index contributed by atoms with van der Waals surface area (Å²) in [7, 11) is 0. The summed E-state index contributed by atoms with van der Waals surface area (Å²) in [5, 5.41) is 1.29. The minimum absolute atomic E-state index is 0.575. The van der Waals surface area contributed by atoms with Crippen molar-refractivity contribution in [2.75, 3.05) is 5.73 Å². The van der Waals surface area contributed by atoms with Crippen molar-refractivity contribution in [3.63, 3.8) is 0 Å². The van der Waals surface area contributed by atoms with E-state index in [1.54, 1.807) is 0 Å². The van der Waals surface area contributed by atoms with Gasteiger partial charge in [-0.25, -0.2) is 4.98 Å². The molecular weight excluding hydrogens is 360 g/mol. The molecule has 0 fully saturated rings. The van der Waals surface area contributed by atoms with Crippen LogP contribution in [0.3, 0.4) is 0 Å². The Balaban J connectivity index is 0.000000948. The number of rotatable bonds is 2. The number of hydrogen-bond acceptors (Lipinski definition) is 3. The van der Waals surface area contributed by atoms with Crippen LogP contribution >= 0.6 is 22.9 Å². The molecule has 0 amide bonds. The maximum Gasteiger partial charge on any atom is 0.181 e. The van der Waals surface area contributed by atoms with Crippen LogP contribution in [0.15, 0.2) is 48.5 Å². The van der Waals surface area contributed by atoms with Gasteiger partial charge in [-0.2, -0.15) is 0 Å². The summed E-state index contributed by atoms with van der Waals surface area (Å²) in [6.07, 6.45) is 0. The Bertz CT molecular complexity index is 669. The maximum atomic E-state index is 5.94. The fourth-order valence-corrected chi connectivity index (χ4v) is 3.03. The van der Waals surface area contributed by atoms with E-state index in [4.69, 9.17) is 17.3 Å². The summed E-state index contributed by atoms with van der Waals surface area (Å²) in [4.78, 5) is 5.55. The van der Waals surface area contributed by atoms with Gasteiger partial charge in [0.1, 0.15) is 0 Å². The molecule has 1 heterocycles. The van der Waals surface area contributed by atoms with Gasteiger partial charge in [-0.1, -0.05) is 106 Å². The molecule has 2 N–H and O–H groups in total. The van der Waals surface area contributed by atoms with Gasteiger partial charge in [0.25, 0.3) is 0 Å². The van der Waals surface area contributed by atoms with Gasteiger partial charge < -0.3 is 5.73 Å². The molecule has 0 bridgehead atoms. The molecule has 2 nitrogen and oxygen atoms in total. The van der Waals surface area contributed by atoms with E-state index in [-0.39, 0.29) is 0 Å². The number of anilines is 1. The molecule has 0 aliphatic carbocycles. The molecule has 1 aromatic heterocycles. The van der Waals surface area contributed by atoms with Crippen molar-refractivity contribution in [2.45, 2.75) is 48.5 Å². The van der Waals surface area contributed by atoms with Crippen molar-refractivity contribution in [1.82, 2.24) is 4.98 Å². The standard InChI is InChI=1S/C16H13ClN2S.3C2H6/c1-10-2-4-12(5-3-10)15-14(19-16(18)20-15)11-6-8-13(17)9-7-11;3*1-2/h2-9H,1H3,(H2,18,19);3*1-2H3. The van der Waals surface area contributed by atoms with E-state index in [2.05, 4.69) is 36.2 Å². The minimum Gasteiger partial charge on any atom is -0.375 e. The molecule has 142 valence electrons. The summed E-state index contributed by atoms with van der Waals surface area (Å²) in [5.41, 5.74) is 10.2. The summed E-state index contributed by atoms with van der Waals surface area (Å²) in [6, 6.07) is 16.1. The molecule has 3 rings (SSSR count). The molecule has 0 aliphatic heterocycles. The van der Waals surface area contributed by atoms with Crippen LogP contribution in [0.4, 0.5) is 5.13 Å². The highest BCUT2D eigenvalue weighted by Crippen LogP contribution is 2.38. The third kappa shape index (κ3) is 6.81. The highest BCUT2D eigenvalue weighted by molar-refractivity contribution is 7.19. The van der Waals surface area contributed by atoms with E-state index >= 15 is 0 Å². The number of aryl methyl sites for hydroxylation is 1. The van der Waals surface area contributed by atoms with Gasteiger partial charge in [-0.3, -0.25) is 0 Å². The second kappa shape index (κ2) is 13.4. The van der Waals surface area contributed by atoms with Gasteiger partial charge in [0.15, 0.2) is 5.13 Å². The van der Waals surface area contributed by atoms with Crippen LogP contribution in [0.2, 0.25) is 5.02 Å². The van der Waals surface area contributed by atoms with Gasteiger partial charge >= 0.3 is 0 Å². The second-order valence-corrected chi connectivity index (χ2v) is 6.07. The molecule has 0 unspecified atom stereocenters. The lowest BCUT2D eigenvalue weighted by Gasteiger charge is -2.03. The van der Waals surface area contributed by atoms with Crippen molar-refractivity contribution < 1.29 is 0 Å². The van der Waals surface area contributed by atoms with Crippen LogP contribution in [-0.2, 0) is 0 Å². The van der Waals surface area contributed by atoms with E-state index in [0.29, 0.717) is 10.2 Å². The van der Waals surface area contributed by atoms with Gasteiger partial charge in [0, 0.05) is 10.6 Å². The molecule has 0 atom stereocenters. The number of nitrogen functional groups attached to an aromatic ring is 1. The van der Waals surface area contributed by atoms with Crippen LogP contribution in [0.5, 0.6) is 0 Å². The normalized spacial score (nSPS) is 8.92. The summed E-state index contributed by atoms with van der Waals surface area (Å²) in [5.74, 6) is 0. The molecular formula is C22H31ClN2S. The zero-order chi connectivity index (χ0) is 20.1.